The molecule has 5 rings (SSSR count). The van der Waals surface area contributed by atoms with Crippen molar-refractivity contribution in [3.05, 3.63) is 84.8 Å². The average molecular weight is 568 g/mol. The molecule has 0 aliphatic carbocycles. The Morgan fingerprint density at radius 1 is 1.05 bits per heavy atom. The van der Waals surface area contributed by atoms with E-state index in [1.165, 1.54) is 0 Å². The van der Waals surface area contributed by atoms with Gasteiger partial charge in [-0.05, 0) is 81.0 Å². The number of carboxylic acid groups (broad SMARTS) is 1. The van der Waals surface area contributed by atoms with Crippen molar-refractivity contribution >= 4 is 23.4 Å². The van der Waals surface area contributed by atoms with E-state index >= 15 is 0 Å². The van der Waals surface area contributed by atoms with E-state index in [9.17, 15) is 9.90 Å². The Balaban J connectivity index is 1.25. The van der Waals surface area contributed by atoms with Gasteiger partial charge in [0, 0.05) is 12.7 Å². The number of piperidine rings is 1. The van der Waals surface area contributed by atoms with Crippen LogP contribution in [0.4, 0.5) is 17.5 Å². The quantitative estimate of drug-likeness (QED) is 0.213. The summed E-state index contributed by atoms with van der Waals surface area (Å²) in [5.41, 5.74) is 2.17. The molecule has 0 bridgehead atoms. The third-order valence-electron chi connectivity index (χ3n) is 7.29. The van der Waals surface area contributed by atoms with Gasteiger partial charge in [-0.2, -0.15) is 0 Å². The lowest BCUT2D eigenvalue weighted by Gasteiger charge is -2.33. The van der Waals surface area contributed by atoms with E-state index in [0.29, 0.717) is 31.2 Å². The van der Waals surface area contributed by atoms with Crippen LogP contribution in [0.2, 0.25) is 0 Å². The number of rotatable bonds is 11. The van der Waals surface area contributed by atoms with E-state index in [1.54, 1.807) is 32.4 Å². The predicted octanol–water partition coefficient (Wildman–Crippen LogP) is 6.38. The zero-order chi connectivity index (χ0) is 29.5. The van der Waals surface area contributed by atoms with Crippen molar-refractivity contribution in [3.63, 3.8) is 0 Å². The number of carboxylic acids is 1. The number of hydrogen-bond donors (Lipinski definition) is 2. The summed E-state index contributed by atoms with van der Waals surface area (Å²) in [5.74, 6) is 2.76. The lowest BCUT2D eigenvalue weighted by atomic mass is 9.85. The molecule has 0 amide bonds. The van der Waals surface area contributed by atoms with Crippen LogP contribution < -0.4 is 19.7 Å². The van der Waals surface area contributed by atoms with Crippen LogP contribution in [0.5, 0.6) is 11.5 Å². The number of nitrogens with zero attached hydrogens (tertiary/aromatic N) is 4. The van der Waals surface area contributed by atoms with Crippen LogP contribution in [0.15, 0.2) is 79.3 Å². The molecule has 9 nitrogen and oxygen atoms in total. The number of hydrogen-bond acceptors (Lipinski definition) is 8. The van der Waals surface area contributed by atoms with Gasteiger partial charge < -0.3 is 24.8 Å². The highest BCUT2D eigenvalue weighted by Gasteiger charge is 2.27. The first-order valence-electron chi connectivity index (χ1n) is 14.3. The molecule has 1 aliphatic heterocycles. The van der Waals surface area contributed by atoms with Crippen LogP contribution in [0.3, 0.4) is 0 Å². The van der Waals surface area contributed by atoms with Crippen LogP contribution in [-0.2, 0) is 11.2 Å². The standard InChI is InChI=1S/C33H37N5O4/c1-4-41-27-9-5-6-10-28(27)42-26-8-7-17-38(22-26)31-21-34-20-30(37-31)36-29-18-25(15-16-35-29)24-13-11-23(12-14-24)19-33(2,3)32(39)40/h5-6,9-16,18,20-21,26H,4,7-8,17,19,22H2,1-3H3,(H,39,40)(H,35,36,37)/t26-/m1/s1. The first kappa shape index (κ1) is 28.9. The lowest BCUT2D eigenvalue weighted by molar-refractivity contribution is -0.146. The summed E-state index contributed by atoms with van der Waals surface area (Å²) in [6, 6.07) is 19.7. The van der Waals surface area contributed by atoms with Gasteiger partial charge in [-0.15, -0.1) is 0 Å². The van der Waals surface area contributed by atoms with E-state index in [1.807, 2.05) is 67.6 Å². The third-order valence-corrected chi connectivity index (χ3v) is 7.29. The molecule has 1 fully saturated rings. The maximum Gasteiger partial charge on any atom is 0.309 e. The molecule has 1 saturated heterocycles. The van der Waals surface area contributed by atoms with Crippen molar-refractivity contribution in [2.45, 2.75) is 46.1 Å². The van der Waals surface area contributed by atoms with E-state index in [-0.39, 0.29) is 6.10 Å². The fourth-order valence-corrected chi connectivity index (χ4v) is 5.02. The van der Waals surface area contributed by atoms with Crippen LogP contribution in [0, 0.1) is 5.41 Å². The maximum atomic E-state index is 11.5. The van der Waals surface area contributed by atoms with E-state index in [2.05, 4.69) is 20.2 Å². The third kappa shape index (κ3) is 7.15. The molecule has 9 heteroatoms. The van der Waals surface area contributed by atoms with Crippen molar-refractivity contribution < 1.29 is 19.4 Å². The highest BCUT2D eigenvalue weighted by atomic mass is 16.5. The predicted molar refractivity (Wildman–Crippen MR) is 164 cm³/mol. The first-order chi connectivity index (χ1) is 20.3. The van der Waals surface area contributed by atoms with Crippen LogP contribution in [0.1, 0.15) is 39.2 Å². The second-order valence-corrected chi connectivity index (χ2v) is 11.1. The minimum atomic E-state index is -0.817. The zero-order valence-corrected chi connectivity index (χ0v) is 24.3. The molecule has 42 heavy (non-hydrogen) atoms. The van der Waals surface area contributed by atoms with Crippen molar-refractivity contribution in [1.82, 2.24) is 15.0 Å². The second kappa shape index (κ2) is 12.9. The topological polar surface area (TPSA) is 110 Å². The summed E-state index contributed by atoms with van der Waals surface area (Å²) in [5, 5.41) is 12.7. The monoisotopic (exact) mass is 567 g/mol. The van der Waals surface area contributed by atoms with Gasteiger partial charge in [0.25, 0.3) is 0 Å². The summed E-state index contributed by atoms with van der Waals surface area (Å²) < 4.78 is 12.1. The lowest BCUT2D eigenvalue weighted by Crippen LogP contribution is -2.41. The van der Waals surface area contributed by atoms with Crippen LogP contribution >= 0.6 is 0 Å². The molecule has 0 saturated carbocycles. The fraction of sp³-hybridized carbons (Fsp3) is 0.333. The van der Waals surface area contributed by atoms with Crippen molar-refractivity contribution in [3.8, 4) is 22.6 Å². The molecule has 2 N–H and O–H groups in total. The minimum absolute atomic E-state index is 0.0127. The van der Waals surface area contributed by atoms with Gasteiger partial charge in [0.05, 0.1) is 31.0 Å². The van der Waals surface area contributed by atoms with Gasteiger partial charge in [-0.1, -0.05) is 36.4 Å². The Kier molecular flexibility index (Phi) is 8.85. The highest BCUT2D eigenvalue weighted by molar-refractivity contribution is 5.74. The molecule has 3 heterocycles. The molecular weight excluding hydrogens is 530 g/mol. The smallest absolute Gasteiger partial charge is 0.309 e. The molecule has 1 atom stereocenters. The molecule has 0 unspecified atom stereocenters. The molecule has 1 aliphatic rings. The number of aromatic nitrogens is 3. The van der Waals surface area contributed by atoms with Gasteiger partial charge in [0.2, 0.25) is 0 Å². The Bertz CT molecular complexity index is 1510. The number of para-hydroxylation sites is 2. The Morgan fingerprint density at radius 2 is 1.83 bits per heavy atom. The number of benzene rings is 2. The highest BCUT2D eigenvalue weighted by Crippen LogP contribution is 2.30. The summed E-state index contributed by atoms with van der Waals surface area (Å²) in [7, 11) is 0. The zero-order valence-electron chi connectivity index (χ0n) is 24.3. The number of carbonyl (C=O) groups is 1. The fourth-order valence-electron chi connectivity index (χ4n) is 5.02. The van der Waals surface area contributed by atoms with Gasteiger partial charge in [-0.25, -0.2) is 9.97 Å². The summed E-state index contributed by atoms with van der Waals surface area (Å²) in [6.45, 7) is 7.61. The molecule has 0 radical (unpaired) electrons. The maximum absolute atomic E-state index is 11.5. The minimum Gasteiger partial charge on any atom is -0.490 e. The first-order valence-corrected chi connectivity index (χ1v) is 14.3. The van der Waals surface area contributed by atoms with Crippen LogP contribution in [0.25, 0.3) is 11.1 Å². The number of nitrogens with one attached hydrogen (secondary N) is 1. The summed E-state index contributed by atoms with van der Waals surface area (Å²) in [4.78, 5) is 27.4. The number of ether oxygens (including phenoxy) is 2. The molecule has 4 aromatic rings. The molecule has 218 valence electrons. The normalized spacial score (nSPS) is 15.2. The van der Waals surface area contributed by atoms with E-state index in [4.69, 9.17) is 14.5 Å². The van der Waals surface area contributed by atoms with E-state index < -0.39 is 11.4 Å². The van der Waals surface area contributed by atoms with Crippen molar-refractivity contribution in [1.29, 1.82) is 0 Å². The number of aliphatic carboxylic acids is 1. The SMILES string of the molecule is CCOc1ccccc1O[C@@H]1CCCN(c2cncc(Nc3cc(-c4ccc(CC(C)(C)C(=O)O)cc4)ccn3)n2)C1. The van der Waals surface area contributed by atoms with Crippen LogP contribution in [-0.4, -0.2) is 51.8 Å². The van der Waals surface area contributed by atoms with Gasteiger partial charge in [0.15, 0.2) is 17.3 Å². The molecular formula is C33H37N5O4. The summed E-state index contributed by atoms with van der Waals surface area (Å²) in [6.07, 6.45) is 7.63. The molecule has 2 aromatic heterocycles. The van der Waals surface area contributed by atoms with Gasteiger partial charge >= 0.3 is 5.97 Å². The van der Waals surface area contributed by atoms with Gasteiger partial charge in [-0.3, -0.25) is 9.78 Å². The largest absolute Gasteiger partial charge is 0.490 e. The van der Waals surface area contributed by atoms with Gasteiger partial charge in [0.1, 0.15) is 17.7 Å². The molecule has 2 aromatic carbocycles. The Labute approximate surface area is 246 Å². The summed E-state index contributed by atoms with van der Waals surface area (Å²) >= 11 is 0. The Hall–Kier alpha value is -4.66. The van der Waals surface area contributed by atoms with E-state index in [0.717, 1.165) is 53.4 Å². The average Bonchev–Trinajstić information content (AvgIpc) is 2.99. The molecule has 0 spiro atoms. The second-order valence-electron chi connectivity index (χ2n) is 11.1. The Morgan fingerprint density at radius 3 is 2.60 bits per heavy atom. The van der Waals surface area contributed by atoms with Crippen molar-refractivity contribution in [2.75, 3.05) is 29.9 Å². The number of anilines is 3. The number of pyridine rings is 1. The van der Waals surface area contributed by atoms with Crippen molar-refractivity contribution in [2.24, 2.45) is 5.41 Å².